The summed E-state index contributed by atoms with van der Waals surface area (Å²) in [6.45, 7) is 8.88. The topological polar surface area (TPSA) is 58.6 Å². The molecule has 2 rings (SSSR count). The molecule has 31 heavy (non-hydrogen) atoms. The molecule has 0 spiro atoms. The molecule has 0 fully saturated rings. The van der Waals surface area contributed by atoms with E-state index >= 15 is 0 Å². The molecule has 2 aromatic carbocycles. The SMILES string of the molecule is CC[C@H](C)NC(=O)[C@H](C)N(Cc1ccccc1F)C(=O)COc1cc(C)c(Cl)c(C)c1. The lowest BCUT2D eigenvalue weighted by Gasteiger charge is -2.29. The first-order valence-electron chi connectivity index (χ1n) is 10.4. The molecule has 1 N–H and O–H groups in total. The monoisotopic (exact) mass is 448 g/mol. The molecule has 0 saturated carbocycles. The third kappa shape index (κ3) is 6.69. The predicted octanol–water partition coefficient (Wildman–Crippen LogP) is 4.81. The minimum absolute atomic E-state index is 0.0309. The van der Waals surface area contributed by atoms with Gasteiger partial charge in [-0.15, -0.1) is 0 Å². The van der Waals surface area contributed by atoms with Crippen LogP contribution in [0.5, 0.6) is 5.75 Å². The van der Waals surface area contributed by atoms with Crippen molar-refractivity contribution in [1.82, 2.24) is 10.2 Å². The Labute approximate surface area is 188 Å². The summed E-state index contributed by atoms with van der Waals surface area (Å²) in [6, 6.07) is 8.89. The van der Waals surface area contributed by atoms with Gasteiger partial charge in [0.1, 0.15) is 17.6 Å². The lowest BCUT2D eigenvalue weighted by molar-refractivity contribution is -0.142. The maximum atomic E-state index is 14.2. The van der Waals surface area contributed by atoms with E-state index in [2.05, 4.69) is 5.32 Å². The first-order chi connectivity index (χ1) is 14.6. The lowest BCUT2D eigenvalue weighted by Crippen LogP contribution is -2.50. The molecule has 0 aromatic heterocycles. The highest BCUT2D eigenvalue weighted by atomic mass is 35.5. The van der Waals surface area contributed by atoms with Crippen molar-refractivity contribution in [2.45, 2.75) is 59.7 Å². The Balaban J connectivity index is 2.21. The van der Waals surface area contributed by atoms with E-state index in [9.17, 15) is 14.0 Å². The normalized spacial score (nSPS) is 12.7. The predicted molar refractivity (Wildman–Crippen MR) is 121 cm³/mol. The summed E-state index contributed by atoms with van der Waals surface area (Å²) in [5, 5.41) is 3.53. The molecule has 168 valence electrons. The van der Waals surface area contributed by atoms with Gasteiger partial charge in [0.2, 0.25) is 5.91 Å². The highest BCUT2D eigenvalue weighted by molar-refractivity contribution is 6.32. The van der Waals surface area contributed by atoms with E-state index in [4.69, 9.17) is 16.3 Å². The lowest BCUT2D eigenvalue weighted by atomic mass is 10.1. The Morgan fingerprint density at radius 1 is 1.16 bits per heavy atom. The maximum absolute atomic E-state index is 14.2. The molecule has 2 atom stereocenters. The van der Waals surface area contributed by atoms with Crippen LogP contribution < -0.4 is 10.1 Å². The van der Waals surface area contributed by atoms with Crippen LogP contribution in [0, 0.1) is 19.7 Å². The molecular weight excluding hydrogens is 419 g/mol. The van der Waals surface area contributed by atoms with Crippen LogP contribution in [0.3, 0.4) is 0 Å². The number of hydrogen-bond acceptors (Lipinski definition) is 3. The third-order valence-electron chi connectivity index (χ3n) is 5.24. The number of benzene rings is 2. The molecule has 0 aliphatic rings. The van der Waals surface area contributed by atoms with E-state index in [0.29, 0.717) is 16.3 Å². The van der Waals surface area contributed by atoms with Crippen molar-refractivity contribution >= 4 is 23.4 Å². The van der Waals surface area contributed by atoms with E-state index in [-0.39, 0.29) is 25.1 Å². The number of carbonyl (C=O) groups is 2. The van der Waals surface area contributed by atoms with E-state index in [1.54, 1.807) is 37.3 Å². The molecule has 2 aromatic rings. The van der Waals surface area contributed by atoms with Crippen molar-refractivity contribution in [2.24, 2.45) is 0 Å². The van der Waals surface area contributed by atoms with Gasteiger partial charge in [-0.1, -0.05) is 36.7 Å². The van der Waals surface area contributed by atoms with Crippen LogP contribution in [0.15, 0.2) is 36.4 Å². The first-order valence-corrected chi connectivity index (χ1v) is 10.7. The zero-order valence-corrected chi connectivity index (χ0v) is 19.4. The summed E-state index contributed by atoms with van der Waals surface area (Å²) < 4.78 is 19.9. The molecule has 0 unspecified atom stereocenters. The van der Waals surface area contributed by atoms with Crippen molar-refractivity contribution in [1.29, 1.82) is 0 Å². The second-order valence-corrected chi connectivity index (χ2v) is 8.14. The van der Waals surface area contributed by atoms with E-state index < -0.39 is 17.8 Å². The molecule has 0 bridgehead atoms. The molecule has 0 radical (unpaired) electrons. The summed E-state index contributed by atoms with van der Waals surface area (Å²) in [4.78, 5) is 27.1. The van der Waals surface area contributed by atoms with Crippen LogP contribution in [0.25, 0.3) is 0 Å². The third-order valence-corrected chi connectivity index (χ3v) is 5.84. The largest absolute Gasteiger partial charge is 0.484 e. The minimum atomic E-state index is -0.793. The van der Waals surface area contributed by atoms with Crippen LogP contribution in [0.1, 0.15) is 43.9 Å². The van der Waals surface area contributed by atoms with Crippen molar-refractivity contribution in [3.8, 4) is 5.75 Å². The maximum Gasteiger partial charge on any atom is 0.261 e. The molecule has 0 heterocycles. The smallest absolute Gasteiger partial charge is 0.261 e. The van der Waals surface area contributed by atoms with Crippen LogP contribution in [-0.2, 0) is 16.1 Å². The Morgan fingerprint density at radius 3 is 2.35 bits per heavy atom. The summed E-state index contributed by atoms with van der Waals surface area (Å²) in [5.74, 6) is -0.632. The van der Waals surface area contributed by atoms with Crippen molar-refractivity contribution in [2.75, 3.05) is 6.61 Å². The standard InChI is InChI=1S/C24H30ClFN2O3/c1-6-17(4)27-24(30)18(5)28(13-19-9-7-8-10-21(19)26)22(29)14-31-20-11-15(2)23(25)16(3)12-20/h7-12,17-18H,6,13-14H2,1-5H3,(H,27,30)/t17-,18-/m0/s1. The Hall–Kier alpha value is -2.60. The summed E-state index contributed by atoms with van der Waals surface area (Å²) in [6.07, 6.45) is 0.762. The molecule has 0 aliphatic carbocycles. The van der Waals surface area contributed by atoms with Crippen LogP contribution >= 0.6 is 11.6 Å². The number of ether oxygens (including phenoxy) is 1. The molecule has 2 amide bonds. The van der Waals surface area contributed by atoms with Crippen LogP contribution in [0.2, 0.25) is 5.02 Å². The van der Waals surface area contributed by atoms with Gasteiger partial charge in [-0.3, -0.25) is 9.59 Å². The van der Waals surface area contributed by atoms with E-state index in [1.165, 1.54) is 11.0 Å². The first kappa shape index (κ1) is 24.7. The highest BCUT2D eigenvalue weighted by Gasteiger charge is 2.28. The Kier molecular flexibility index (Phi) is 8.87. The van der Waals surface area contributed by atoms with Crippen LogP contribution in [-0.4, -0.2) is 35.4 Å². The summed E-state index contributed by atoms with van der Waals surface area (Å²) >= 11 is 6.19. The van der Waals surface area contributed by atoms with Crippen molar-refractivity contribution in [3.05, 3.63) is 63.9 Å². The zero-order valence-electron chi connectivity index (χ0n) is 18.7. The van der Waals surface area contributed by atoms with Gasteiger partial charge < -0.3 is 15.0 Å². The molecule has 5 nitrogen and oxygen atoms in total. The molecule has 0 saturated heterocycles. The second-order valence-electron chi connectivity index (χ2n) is 7.77. The van der Waals surface area contributed by atoms with Gasteiger partial charge in [0.15, 0.2) is 6.61 Å². The van der Waals surface area contributed by atoms with Gasteiger partial charge in [-0.05, 0) is 63.4 Å². The Morgan fingerprint density at radius 2 is 1.77 bits per heavy atom. The number of carbonyl (C=O) groups excluding carboxylic acids is 2. The average Bonchev–Trinajstić information content (AvgIpc) is 2.74. The number of hydrogen-bond donors (Lipinski definition) is 1. The molecular formula is C24H30ClFN2O3. The minimum Gasteiger partial charge on any atom is -0.484 e. The fourth-order valence-electron chi connectivity index (χ4n) is 3.08. The van der Waals surface area contributed by atoms with Gasteiger partial charge in [0, 0.05) is 23.2 Å². The number of halogens is 2. The summed E-state index contributed by atoms with van der Waals surface area (Å²) in [5.41, 5.74) is 2.01. The molecule has 7 heteroatoms. The highest BCUT2D eigenvalue weighted by Crippen LogP contribution is 2.26. The Bertz CT molecular complexity index is 912. The number of nitrogens with zero attached hydrogens (tertiary/aromatic N) is 1. The number of amides is 2. The fraction of sp³-hybridized carbons (Fsp3) is 0.417. The zero-order chi connectivity index (χ0) is 23.1. The number of rotatable bonds is 9. The average molecular weight is 449 g/mol. The second kappa shape index (κ2) is 11.1. The number of aryl methyl sites for hydroxylation is 2. The quantitative estimate of drug-likeness (QED) is 0.599. The van der Waals surface area contributed by atoms with Gasteiger partial charge in [0.05, 0.1) is 0 Å². The van der Waals surface area contributed by atoms with Gasteiger partial charge >= 0.3 is 0 Å². The van der Waals surface area contributed by atoms with Crippen molar-refractivity contribution in [3.63, 3.8) is 0 Å². The van der Waals surface area contributed by atoms with Gasteiger partial charge in [-0.2, -0.15) is 0 Å². The van der Waals surface area contributed by atoms with Crippen molar-refractivity contribution < 1.29 is 18.7 Å². The van der Waals surface area contributed by atoms with E-state index in [1.807, 2.05) is 27.7 Å². The van der Waals surface area contributed by atoms with E-state index in [0.717, 1.165) is 17.5 Å². The van der Waals surface area contributed by atoms with Crippen LogP contribution in [0.4, 0.5) is 4.39 Å². The van der Waals surface area contributed by atoms with Gasteiger partial charge in [0.25, 0.3) is 5.91 Å². The van der Waals surface area contributed by atoms with Gasteiger partial charge in [-0.25, -0.2) is 4.39 Å². The molecule has 0 aliphatic heterocycles. The summed E-state index contributed by atoms with van der Waals surface area (Å²) in [7, 11) is 0. The fourth-order valence-corrected chi connectivity index (χ4v) is 3.18. The number of nitrogens with one attached hydrogen (secondary N) is 1.